The van der Waals surface area contributed by atoms with Gasteiger partial charge in [0.2, 0.25) is 0 Å². The minimum atomic E-state index is 0.569. The van der Waals surface area contributed by atoms with Crippen LogP contribution >= 0.6 is 0 Å². The van der Waals surface area contributed by atoms with Gasteiger partial charge >= 0.3 is 0 Å². The molecule has 0 aliphatic heterocycles. The Morgan fingerprint density at radius 3 is 2.93 bits per heavy atom. The summed E-state index contributed by atoms with van der Waals surface area (Å²) < 4.78 is 0. The van der Waals surface area contributed by atoms with Gasteiger partial charge in [-0.1, -0.05) is 0 Å². The molecule has 2 N–H and O–H groups in total. The highest BCUT2D eigenvalue weighted by Crippen LogP contribution is 2.13. The molecule has 0 amide bonds. The van der Waals surface area contributed by atoms with Crippen LogP contribution in [0.1, 0.15) is 11.3 Å². The molecule has 0 fully saturated rings. The van der Waals surface area contributed by atoms with Gasteiger partial charge < -0.3 is 5.32 Å². The Morgan fingerprint density at radius 2 is 2.27 bits per heavy atom. The van der Waals surface area contributed by atoms with E-state index < -0.39 is 0 Å². The first kappa shape index (κ1) is 9.21. The summed E-state index contributed by atoms with van der Waals surface area (Å²) in [7, 11) is 0. The van der Waals surface area contributed by atoms with Gasteiger partial charge in [-0.05, 0) is 19.1 Å². The number of hydrogen-bond acceptors (Lipinski definition) is 4. The summed E-state index contributed by atoms with van der Waals surface area (Å²) in [6.45, 7) is 1.91. The molecule has 5 heteroatoms. The summed E-state index contributed by atoms with van der Waals surface area (Å²) in [4.78, 5) is 4.08. The zero-order valence-corrected chi connectivity index (χ0v) is 8.15. The summed E-state index contributed by atoms with van der Waals surface area (Å²) in [6.07, 6.45) is 1.58. The van der Waals surface area contributed by atoms with Crippen LogP contribution in [-0.4, -0.2) is 15.2 Å². The van der Waals surface area contributed by atoms with Gasteiger partial charge in [-0.15, -0.1) is 0 Å². The van der Waals surface area contributed by atoms with E-state index in [4.69, 9.17) is 5.26 Å². The van der Waals surface area contributed by atoms with E-state index in [0.29, 0.717) is 17.2 Å². The average molecular weight is 199 g/mol. The number of nitrogens with zero attached hydrogens (tertiary/aromatic N) is 3. The van der Waals surface area contributed by atoms with E-state index in [2.05, 4.69) is 26.6 Å². The van der Waals surface area contributed by atoms with Crippen molar-refractivity contribution in [3.8, 4) is 6.07 Å². The molecule has 2 aromatic heterocycles. The molecule has 0 saturated carbocycles. The van der Waals surface area contributed by atoms with Gasteiger partial charge in [-0.3, -0.25) is 5.10 Å². The number of anilines is 2. The van der Waals surface area contributed by atoms with Gasteiger partial charge in [-0.2, -0.15) is 10.4 Å². The van der Waals surface area contributed by atoms with E-state index in [-0.39, 0.29) is 0 Å². The average Bonchev–Trinajstić information content (AvgIpc) is 2.64. The van der Waals surface area contributed by atoms with Crippen LogP contribution in [0.4, 0.5) is 11.6 Å². The van der Waals surface area contributed by atoms with Crippen molar-refractivity contribution in [1.29, 1.82) is 5.26 Å². The Labute approximate surface area is 86.8 Å². The smallest absolute Gasteiger partial charge is 0.153 e. The van der Waals surface area contributed by atoms with E-state index in [0.717, 1.165) is 5.69 Å². The maximum absolute atomic E-state index is 8.70. The second kappa shape index (κ2) is 3.80. The normalized spacial score (nSPS) is 9.60. The second-order valence-electron chi connectivity index (χ2n) is 3.10. The Kier molecular flexibility index (Phi) is 2.33. The van der Waals surface area contributed by atoms with Crippen LogP contribution < -0.4 is 5.32 Å². The van der Waals surface area contributed by atoms with Gasteiger partial charge in [0.25, 0.3) is 0 Å². The van der Waals surface area contributed by atoms with Crippen LogP contribution in [0.5, 0.6) is 0 Å². The molecule has 0 saturated heterocycles. The van der Waals surface area contributed by atoms with E-state index in [1.165, 1.54) is 0 Å². The second-order valence-corrected chi connectivity index (χ2v) is 3.10. The zero-order chi connectivity index (χ0) is 10.7. The van der Waals surface area contributed by atoms with E-state index in [1.807, 2.05) is 13.0 Å². The molecular formula is C10H9N5. The first-order valence-corrected chi connectivity index (χ1v) is 4.43. The van der Waals surface area contributed by atoms with Crippen molar-refractivity contribution in [2.75, 3.05) is 5.32 Å². The van der Waals surface area contributed by atoms with Crippen LogP contribution in [0.25, 0.3) is 0 Å². The fourth-order valence-electron chi connectivity index (χ4n) is 1.18. The minimum absolute atomic E-state index is 0.569. The molecule has 0 spiro atoms. The SMILES string of the molecule is Cc1cc(Nc2cc(C#N)ccn2)n[nH]1. The molecule has 15 heavy (non-hydrogen) atoms. The fraction of sp³-hybridized carbons (Fsp3) is 0.100. The molecule has 0 bridgehead atoms. The number of nitriles is 1. The van der Waals surface area contributed by atoms with Crippen molar-refractivity contribution in [1.82, 2.24) is 15.2 Å². The molecule has 5 nitrogen and oxygen atoms in total. The van der Waals surface area contributed by atoms with Crippen LogP contribution in [0.15, 0.2) is 24.4 Å². The number of rotatable bonds is 2. The molecule has 74 valence electrons. The molecular weight excluding hydrogens is 190 g/mol. The zero-order valence-electron chi connectivity index (χ0n) is 8.15. The van der Waals surface area contributed by atoms with Crippen LogP contribution in [0.3, 0.4) is 0 Å². The van der Waals surface area contributed by atoms with E-state index in [9.17, 15) is 0 Å². The van der Waals surface area contributed by atoms with Crippen molar-refractivity contribution in [2.45, 2.75) is 6.92 Å². The van der Waals surface area contributed by atoms with Crippen molar-refractivity contribution >= 4 is 11.6 Å². The Hall–Kier alpha value is -2.35. The summed E-state index contributed by atoms with van der Waals surface area (Å²) in [5.74, 6) is 1.30. The first-order valence-electron chi connectivity index (χ1n) is 4.43. The van der Waals surface area contributed by atoms with E-state index >= 15 is 0 Å². The minimum Gasteiger partial charge on any atom is -0.323 e. The monoisotopic (exact) mass is 199 g/mol. The lowest BCUT2D eigenvalue weighted by atomic mass is 10.3. The van der Waals surface area contributed by atoms with Crippen molar-refractivity contribution in [2.24, 2.45) is 0 Å². The summed E-state index contributed by atoms with van der Waals surface area (Å²) >= 11 is 0. The molecule has 2 heterocycles. The quantitative estimate of drug-likeness (QED) is 0.772. The topological polar surface area (TPSA) is 77.4 Å². The highest BCUT2D eigenvalue weighted by molar-refractivity contribution is 5.53. The third-order valence-electron chi connectivity index (χ3n) is 1.85. The predicted octanol–water partition coefficient (Wildman–Crippen LogP) is 1.73. The Balaban J connectivity index is 2.21. The van der Waals surface area contributed by atoms with Crippen molar-refractivity contribution in [3.63, 3.8) is 0 Å². The van der Waals surface area contributed by atoms with Gasteiger partial charge in [-0.25, -0.2) is 4.98 Å². The molecule has 0 atom stereocenters. The van der Waals surface area contributed by atoms with Gasteiger partial charge in [0.05, 0.1) is 11.6 Å². The highest BCUT2D eigenvalue weighted by atomic mass is 15.2. The summed E-state index contributed by atoms with van der Waals surface area (Å²) in [5.41, 5.74) is 1.54. The molecule has 2 aromatic rings. The van der Waals surface area contributed by atoms with E-state index in [1.54, 1.807) is 18.3 Å². The van der Waals surface area contributed by atoms with Crippen molar-refractivity contribution < 1.29 is 0 Å². The lowest BCUT2D eigenvalue weighted by Crippen LogP contribution is -1.93. The number of nitrogens with one attached hydrogen (secondary N) is 2. The molecule has 0 aliphatic carbocycles. The largest absolute Gasteiger partial charge is 0.323 e. The Bertz CT molecular complexity index is 509. The van der Waals surface area contributed by atoms with Crippen molar-refractivity contribution in [3.05, 3.63) is 35.7 Å². The van der Waals surface area contributed by atoms with Gasteiger partial charge in [0.1, 0.15) is 5.82 Å². The number of aryl methyl sites for hydroxylation is 1. The third kappa shape index (κ3) is 2.11. The molecule has 0 aliphatic rings. The maximum atomic E-state index is 8.70. The van der Waals surface area contributed by atoms with Crippen LogP contribution in [-0.2, 0) is 0 Å². The van der Waals surface area contributed by atoms with Crippen LogP contribution in [0.2, 0.25) is 0 Å². The molecule has 2 rings (SSSR count). The highest BCUT2D eigenvalue weighted by Gasteiger charge is 2.00. The first-order chi connectivity index (χ1) is 7.28. The summed E-state index contributed by atoms with van der Waals surface area (Å²) in [5, 5.41) is 18.5. The Morgan fingerprint density at radius 1 is 1.40 bits per heavy atom. The lowest BCUT2D eigenvalue weighted by Gasteiger charge is -2.00. The lowest BCUT2D eigenvalue weighted by molar-refractivity contribution is 1.05. The third-order valence-corrected chi connectivity index (χ3v) is 1.85. The fourth-order valence-corrected chi connectivity index (χ4v) is 1.18. The number of hydrogen-bond donors (Lipinski definition) is 2. The molecule has 0 radical (unpaired) electrons. The maximum Gasteiger partial charge on any atom is 0.153 e. The number of pyridine rings is 1. The van der Waals surface area contributed by atoms with Crippen LogP contribution in [0, 0.1) is 18.3 Å². The van der Waals surface area contributed by atoms with Gasteiger partial charge in [0, 0.05) is 18.0 Å². The number of aromatic amines is 1. The molecule has 0 aromatic carbocycles. The molecule has 0 unspecified atom stereocenters. The predicted molar refractivity (Wildman–Crippen MR) is 55.6 cm³/mol. The van der Waals surface area contributed by atoms with Gasteiger partial charge in [0.15, 0.2) is 5.82 Å². The number of H-pyrrole nitrogens is 1. The number of aromatic nitrogens is 3. The standard InChI is InChI=1S/C10H9N5/c1-7-4-10(15-14-7)13-9-5-8(6-11)2-3-12-9/h2-5H,1H3,(H2,12,13,14,15). The summed E-state index contributed by atoms with van der Waals surface area (Å²) in [6, 6.07) is 7.24.